The van der Waals surface area contributed by atoms with Crippen LogP contribution < -0.4 is 14.2 Å². The second kappa shape index (κ2) is 13.7. The van der Waals surface area contributed by atoms with Crippen molar-refractivity contribution in [2.24, 2.45) is 0 Å². The molecule has 0 fully saturated rings. The summed E-state index contributed by atoms with van der Waals surface area (Å²) in [6.45, 7) is 13.6. The Labute approximate surface area is 157 Å². The summed E-state index contributed by atoms with van der Waals surface area (Å²) in [5.74, 6) is 2.06. The Morgan fingerprint density at radius 3 is 1.35 bits per heavy atom. The Hall–Kier alpha value is -1.50. The van der Waals surface area contributed by atoms with E-state index in [0.29, 0.717) is 63.5 Å². The Kier molecular flexibility index (Phi) is 11.9. The van der Waals surface area contributed by atoms with Crippen LogP contribution in [0.4, 0.5) is 0 Å². The SMILES string of the molecule is CCOCCOc1cc(OCCOC(C)C)cc(OCCOC(C)C)c1. The van der Waals surface area contributed by atoms with Crippen LogP contribution in [0.15, 0.2) is 18.2 Å². The molecule has 0 aromatic heterocycles. The maximum atomic E-state index is 5.76. The van der Waals surface area contributed by atoms with Crippen molar-refractivity contribution in [1.82, 2.24) is 0 Å². The van der Waals surface area contributed by atoms with E-state index in [-0.39, 0.29) is 12.2 Å². The fraction of sp³-hybridized carbons (Fsp3) is 0.700. The van der Waals surface area contributed by atoms with Crippen LogP contribution in [0.2, 0.25) is 0 Å². The molecule has 0 unspecified atom stereocenters. The summed E-state index contributed by atoms with van der Waals surface area (Å²) < 4.78 is 33.5. The van der Waals surface area contributed by atoms with Gasteiger partial charge in [-0.1, -0.05) is 0 Å². The number of ether oxygens (including phenoxy) is 6. The zero-order valence-corrected chi connectivity index (χ0v) is 16.8. The predicted octanol–water partition coefficient (Wildman–Crippen LogP) is 3.71. The molecule has 0 aliphatic rings. The van der Waals surface area contributed by atoms with Crippen LogP contribution >= 0.6 is 0 Å². The lowest BCUT2D eigenvalue weighted by atomic mass is 10.3. The molecular formula is C20H34O6. The molecule has 0 bridgehead atoms. The highest BCUT2D eigenvalue weighted by atomic mass is 16.5. The highest BCUT2D eigenvalue weighted by Gasteiger charge is 2.06. The Balaban J connectivity index is 2.59. The van der Waals surface area contributed by atoms with Crippen molar-refractivity contribution in [3.63, 3.8) is 0 Å². The molecule has 0 aliphatic carbocycles. The third-order valence-electron chi connectivity index (χ3n) is 3.16. The fourth-order valence-electron chi connectivity index (χ4n) is 2.05. The van der Waals surface area contributed by atoms with Crippen LogP contribution in [0, 0.1) is 0 Å². The summed E-state index contributed by atoms with van der Waals surface area (Å²) in [7, 11) is 0. The number of hydrogen-bond acceptors (Lipinski definition) is 6. The number of hydrogen-bond donors (Lipinski definition) is 0. The first-order valence-electron chi connectivity index (χ1n) is 9.35. The van der Waals surface area contributed by atoms with Gasteiger partial charge in [-0.3, -0.25) is 0 Å². The maximum absolute atomic E-state index is 5.76. The number of rotatable bonds is 15. The third kappa shape index (κ3) is 11.2. The molecule has 6 nitrogen and oxygen atoms in total. The molecule has 0 heterocycles. The van der Waals surface area contributed by atoms with Gasteiger partial charge in [0, 0.05) is 24.8 Å². The van der Waals surface area contributed by atoms with Gasteiger partial charge in [0.1, 0.15) is 37.1 Å². The molecular weight excluding hydrogens is 336 g/mol. The lowest BCUT2D eigenvalue weighted by Crippen LogP contribution is -2.12. The summed E-state index contributed by atoms with van der Waals surface area (Å²) in [5, 5.41) is 0. The minimum atomic E-state index is 0.187. The molecule has 26 heavy (non-hydrogen) atoms. The van der Waals surface area contributed by atoms with E-state index in [9.17, 15) is 0 Å². The van der Waals surface area contributed by atoms with Gasteiger partial charge in [-0.2, -0.15) is 0 Å². The van der Waals surface area contributed by atoms with Gasteiger partial charge < -0.3 is 28.4 Å². The molecule has 0 spiro atoms. The Morgan fingerprint density at radius 2 is 1.00 bits per heavy atom. The van der Waals surface area contributed by atoms with Gasteiger partial charge in [0.05, 0.1) is 32.0 Å². The monoisotopic (exact) mass is 370 g/mol. The van der Waals surface area contributed by atoms with Crippen molar-refractivity contribution in [3.8, 4) is 17.2 Å². The molecule has 6 heteroatoms. The standard InChI is InChI=1S/C20H34O6/c1-6-21-7-8-24-18-13-19(25-11-9-22-16(2)3)15-20(14-18)26-12-10-23-17(4)5/h13-17H,6-12H2,1-5H3. The first kappa shape index (κ1) is 22.5. The van der Waals surface area contributed by atoms with Gasteiger partial charge in [-0.15, -0.1) is 0 Å². The quantitative estimate of drug-likeness (QED) is 0.439. The van der Waals surface area contributed by atoms with Crippen LogP contribution in [0.3, 0.4) is 0 Å². The van der Waals surface area contributed by atoms with E-state index in [2.05, 4.69) is 0 Å². The van der Waals surface area contributed by atoms with E-state index >= 15 is 0 Å². The van der Waals surface area contributed by atoms with Crippen molar-refractivity contribution in [2.45, 2.75) is 46.8 Å². The molecule has 1 aromatic rings. The Morgan fingerprint density at radius 1 is 0.615 bits per heavy atom. The maximum Gasteiger partial charge on any atom is 0.126 e. The summed E-state index contributed by atoms with van der Waals surface area (Å²) in [6, 6.07) is 5.54. The zero-order valence-electron chi connectivity index (χ0n) is 16.8. The highest BCUT2D eigenvalue weighted by Crippen LogP contribution is 2.28. The van der Waals surface area contributed by atoms with Crippen LogP contribution in [-0.4, -0.2) is 58.5 Å². The third-order valence-corrected chi connectivity index (χ3v) is 3.16. The van der Waals surface area contributed by atoms with Gasteiger partial charge in [-0.25, -0.2) is 0 Å². The second-order valence-electron chi connectivity index (χ2n) is 6.22. The van der Waals surface area contributed by atoms with Crippen molar-refractivity contribution in [2.75, 3.05) is 46.2 Å². The molecule has 1 rings (SSSR count). The van der Waals surface area contributed by atoms with Gasteiger partial charge in [0.25, 0.3) is 0 Å². The summed E-state index contributed by atoms with van der Waals surface area (Å²) in [5.41, 5.74) is 0. The van der Waals surface area contributed by atoms with E-state index < -0.39 is 0 Å². The van der Waals surface area contributed by atoms with Crippen LogP contribution in [0.5, 0.6) is 17.2 Å². The van der Waals surface area contributed by atoms with Gasteiger partial charge in [0.15, 0.2) is 0 Å². The molecule has 1 aromatic carbocycles. The van der Waals surface area contributed by atoms with E-state index in [4.69, 9.17) is 28.4 Å². The minimum absolute atomic E-state index is 0.187. The summed E-state index contributed by atoms with van der Waals surface area (Å²) >= 11 is 0. The lowest BCUT2D eigenvalue weighted by Gasteiger charge is -2.14. The molecule has 0 aliphatic heterocycles. The first-order chi connectivity index (χ1) is 12.5. The minimum Gasteiger partial charge on any atom is -0.491 e. The lowest BCUT2D eigenvalue weighted by molar-refractivity contribution is 0.0535. The van der Waals surface area contributed by atoms with Gasteiger partial charge in [0.2, 0.25) is 0 Å². The van der Waals surface area contributed by atoms with E-state index in [1.54, 1.807) is 0 Å². The van der Waals surface area contributed by atoms with E-state index in [0.717, 1.165) is 0 Å². The molecule has 0 saturated carbocycles. The zero-order chi connectivity index (χ0) is 19.2. The molecule has 0 N–H and O–H groups in total. The molecule has 0 amide bonds. The smallest absolute Gasteiger partial charge is 0.126 e. The highest BCUT2D eigenvalue weighted by molar-refractivity contribution is 5.42. The van der Waals surface area contributed by atoms with Crippen molar-refractivity contribution >= 4 is 0 Å². The van der Waals surface area contributed by atoms with Crippen LogP contribution in [0.1, 0.15) is 34.6 Å². The normalized spacial score (nSPS) is 11.2. The topological polar surface area (TPSA) is 55.4 Å². The average Bonchev–Trinajstić information content (AvgIpc) is 2.59. The van der Waals surface area contributed by atoms with E-state index in [1.165, 1.54) is 0 Å². The van der Waals surface area contributed by atoms with Crippen molar-refractivity contribution in [1.29, 1.82) is 0 Å². The first-order valence-corrected chi connectivity index (χ1v) is 9.35. The molecule has 0 saturated heterocycles. The number of benzene rings is 1. The van der Waals surface area contributed by atoms with Gasteiger partial charge in [-0.05, 0) is 34.6 Å². The predicted molar refractivity (Wildman–Crippen MR) is 102 cm³/mol. The molecule has 0 radical (unpaired) electrons. The second-order valence-corrected chi connectivity index (χ2v) is 6.22. The largest absolute Gasteiger partial charge is 0.491 e. The molecule has 0 atom stereocenters. The van der Waals surface area contributed by atoms with Crippen LogP contribution in [-0.2, 0) is 14.2 Å². The van der Waals surface area contributed by atoms with Crippen LogP contribution in [0.25, 0.3) is 0 Å². The van der Waals surface area contributed by atoms with E-state index in [1.807, 2.05) is 52.8 Å². The van der Waals surface area contributed by atoms with Crippen molar-refractivity contribution in [3.05, 3.63) is 18.2 Å². The fourth-order valence-corrected chi connectivity index (χ4v) is 2.05. The summed E-state index contributed by atoms with van der Waals surface area (Å²) in [4.78, 5) is 0. The van der Waals surface area contributed by atoms with Gasteiger partial charge >= 0.3 is 0 Å². The summed E-state index contributed by atoms with van der Waals surface area (Å²) in [6.07, 6.45) is 0.373. The Bertz CT molecular complexity index is 441. The molecule has 150 valence electrons. The van der Waals surface area contributed by atoms with Crippen molar-refractivity contribution < 1.29 is 28.4 Å². The average molecular weight is 370 g/mol.